The van der Waals surface area contributed by atoms with Crippen molar-refractivity contribution in [3.63, 3.8) is 0 Å². The van der Waals surface area contributed by atoms with Gasteiger partial charge in [-0.2, -0.15) is 0 Å². The van der Waals surface area contributed by atoms with E-state index in [0.29, 0.717) is 25.8 Å². The summed E-state index contributed by atoms with van der Waals surface area (Å²) in [5.74, 6) is -1.27. The summed E-state index contributed by atoms with van der Waals surface area (Å²) < 4.78 is 5.64. The van der Waals surface area contributed by atoms with Crippen molar-refractivity contribution >= 4 is 17.8 Å². The average Bonchev–Trinajstić information content (AvgIpc) is 2.88. The molecular weight excluding hydrogens is 444 g/mol. The van der Waals surface area contributed by atoms with Gasteiger partial charge in [0.25, 0.3) is 0 Å². The lowest BCUT2D eigenvalue weighted by Gasteiger charge is -2.36. The first-order valence-electron chi connectivity index (χ1n) is 12.2. The molecular formula is C28H32N2O5. The van der Waals surface area contributed by atoms with Crippen molar-refractivity contribution in [2.75, 3.05) is 13.2 Å². The summed E-state index contributed by atoms with van der Waals surface area (Å²) in [6, 6.07) is 17.0. The average molecular weight is 477 g/mol. The molecule has 0 radical (unpaired) electrons. The van der Waals surface area contributed by atoms with Crippen molar-refractivity contribution in [2.45, 2.75) is 50.8 Å². The molecule has 2 aromatic carbocycles. The number of hydrogen-bond acceptors (Lipinski definition) is 5. The van der Waals surface area contributed by atoms with Crippen LogP contribution in [-0.2, 0) is 32.1 Å². The number of aliphatic hydroxyl groups excluding tert-OH is 1. The standard InChI is InChI=1S/C28H32N2O5/c31-19-24-15-21-11-7-8-13-23(21)18-30(24)26(32)16-22-12-5-2-6-14-27(33)35-25(17-29-28(22)34)20-9-3-1-4-10-20/h1-5,7-11,13,22,24-25,31H,6,12,14-19H2,(H,29,34)/t22-,24+,25-/m1/s1. The van der Waals surface area contributed by atoms with Crippen LogP contribution in [0.25, 0.3) is 0 Å². The SMILES string of the molecule is O=C1CCC=CC[C@H](CC(=O)N2Cc3ccccc3C[C@H]2CO)C(=O)NC[C@H](c2ccccc2)O1. The summed E-state index contributed by atoms with van der Waals surface area (Å²) >= 11 is 0. The quantitative estimate of drug-likeness (QED) is 0.522. The van der Waals surface area contributed by atoms with Gasteiger partial charge in [-0.3, -0.25) is 14.4 Å². The number of allylic oxidation sites excluding steroid dienone is 2. The van der Waals surface area contributed by atoms with Gasteiger partial charge in [-0.1, -0.05) is 66.7 Å². The summed E-state index contributed by atoms with van der Waals surface area (Å²) in [5, 5.41) is 12.8. The smallest absolute Gasteiger partial charge is 0.306 e. The molecule has 2 aliphatic rings. The third-order valence-corrected chi connectivity index (χ3v) is 6.69. The Balaban J connectivity index is 1.48. The van der Waals surface area contributed by atoms with Gasteiger partial charge in [0, 0.05) is 19.4 Å². The van der Waals surface area contributed by atoms with Crippen LogP contribution in [0.4, 0.5) is 0 Å². The summed E-state index contributed by atoms with van der Waals surface area (Å²) in [6.45, 7) is 0.441. The normalized spacial score (nSPS) is 23.3. The van der Waals surface area contributed by atoms with Crippen LogP contribution in [0.15, 0.2) is 66.7 Å². The van der Waals surface area contributed by atoms with Crippen molar-refractivity contribution < 1.29 is 24.2 Å². The molecule has 0 unspecified atom stereocenters. The number of esters is 1. The van der Waals surface area contributed by atoms with Crippen molar-refractivity contribution in [1.82, 2.24) is 10.2 Å². The fourth-order valence-corrected chi connectivity index (χ4v) is 4.68. The zero-order valence-electron chi connectivity index (χ0n) is 19.8. The molecule has 0 spiro atoms. The second-order valence-corrected chi connectivity index (χ2v) is 9.11. The summed E-state index contributed by atoms with van der Waals surface area (Å²) in [6.07, 6.45) is 4.93. The molecule has 0 fully saturated rings. The van der Waals surface area contributed by atoms with Gasteiger partial charge in [0.15, 0.2) is 0 Å². The largest absolute Gasteiger partial charge is 0.456 e. The topological polar surface area (TPSA) is 95.9 Å². The summed E-state index contributed by atoms with van der Waals surface area (Å²) in [7, 11) is 0. The number of hydrogen-bond donors (Lipinski definition) is 2. The molecule has 4 rings (SSSR count). The third kappa shape index (κ3) is 6.36. The Kier molecular flexibility index (Phi) is 8.32. The number of rotatable bonds is 4. The highest BCUT2D eigenvalue weighted by atomic mass is 16.5. The highest BCUT2D eigenvalue weighted by Crippen LogP contribution is 2.26. The van der Waals surface area contributed by atoms with Gasteiger partial charge in [-0.15, -0.1) is 0 Å². The number of cyclic esters (lactones) is 1. The van der Waals surface area contributed by atoms with Crippen LogP contribution in [0.3, 0.4) is 0 Å². The van der Waals surface area contributed by atoms with Crippen molar-refractivity contribution in [2.24, 2.45) is 5.92 Å². The van der Waals surface area contributed by atoms with E-state index < -0.39 is 12.0 Å². The Morgan fingerprint density at radius 2 is 1.77 bits per heavy atom. The maximum absolute atomic E-state index is 13.3. The van der Waals surface area contributed by atoms with E-state index in [-0.39, 0.29) is 49.8 Å². The molecule has 0 saturated carbocycles. The second-order valence-electron chi connectivity index (χ2n) is 9.11. The second kappa shape index (κ2) is 11.8. The highest BCUT2D eigenvalue weighted by Gasteiger charge is 2.32. The first kappa shape index (κ1) is 24.7. The van der Waals surface area contributed by atoms with Crippen LogP contribution in [0.5, 0.6) is 0 Å². The highest BCUT2D eigenvalue weighted by molar-refractivity contribution is 5.86. The molecule has 2 aliphatic heterocycles. The number of carbonyl (C=O) groups is 3. The van der Waals surface area contributed by atoms with E-state index in [2.05, 4.69) is 5.32 Å². The molecule has 2 amide bonds. The number of amides is 2. The maximum atomic E-state index is 13.3. The summed E-state index contributed by atoms with van der Waals surface area (Å²) in [4.78, 5) is 40.4. The van der Waals surface area contributed by atoms with E-state index >= 15 is 0 Å². The van der Waals surface area contributed by atoms with E-state index in [9.17, 15) is 19.5 Å². The number of nitrogens with zero attached hydrogens (tertiary/aromatic N) is 1. The first-order chi connectivity index (χ1) is 17.0. The number of fused-ring (bicyclic) bond motifs is 1. The van der Waals surface area contributed by atoms with Crippen LogP contribution < -0.4 is 5.32 Å². The monoisotopic (exact) mass is 476 g/mol. The van der Waals surface area contributed by atoms with Gasteiger partial charge >= 0.3 is 5.97 Å². The molecule has 7 nitrogen and oxygen atoms in total. The maximum Gasteiger partial charge on any atom is 0.306 e. The minimum absolute atomic E-state index is 0.0463. The minimum atomic E-state index is -0.593. The molecule has 35 heavy (non-hydrogen) atoms. The van der Waals surface area contributed by atoms with Gasteiger partial charge in [0.05, 0.1) is 25.1 Å². The fraction of sp³-hybridized carbons (Fsp3) is 0.393. The van der Waals surface area contributed by atoms with Gasteiger partial charge in [0.2, 0.25) is 11.8 Å². The van der Waals surface area contributed by atoms with Crippen LogP contribution >= 0.6 is 0 Å². The van der Waals surface area contributed by atoms with E-state index in [1.54, 1.807) is 4.90 Å². The number of ether oxygens (including phenoxy) is 1. The van der Waals surface area contributed by atoms with Crippen molar-refractivity contribution in [3.8, 4) is 0 Å². The van der Waals surface area contributed by atoms with Gasteiger partial charge in [-0.25, -0.2) is 0 Å². The third-order valence-electron chi connectivity index (χ3n) is 6.69. The van der Waals surface area contributed by atoms with Crippen molar-refractivity contribution in [1.29, 1.82) is 0 Å². The zero-order chi connectivity index (χ0) is 24.6. The molecule has 0 bridgehead atoms. The number of benzene rings is 2. The lowest BCUT2D eigenvalue weighted by Crippen LogP contribution is -2.47. The van der Waals surface area contributed by atoms with Crippen LogP contribution in [0.1, 0.15) is 48.5 Å². The Labute approximate surface area is 205 Å². The Morgan fingerprint density at radius 1 is 1.03 bits per heavy atom. The molecule has 0 aromatic heterocycles. The number of nitrogens with one attached hydrogen (secondary N) is 1. The molecule has 0 aliphatic carbocycles. The van der Waals surface area contributed by atoms with Crippen molar-refractivity contribution in [3.05, 3.63) is 83.4 Å². The predicted molar refractivity (Wildman–Crippen MR) is 131 cm³/mol. The van der Waals surface area contributed by atoms with Gasteiger partial charge in [-0.05, 0) is 36.0 Å². The van der Waals surface area contributed by atoms with Gasteiger partial charge in [0.1, 0.15) is 6.10 Å². The van der Waals surface area contributed by atoms with Crippen LogP contribution in [-0.4, -0.2) is 47.0 Å². The molecule has 7 heteroatoms. The van der Waals surface area contributed by atoms with E-state index in [1.165, 1.54) is 0 Å². The fourth-order valence-electron chi connectivity index (χ4n) is 4.68. The van der Waals surface area contributed by atoms with Crippen LogP contribution in [0.2, 0.25) is 0 Å². The lowest BCUT2D eigenvalue weighted by atomic mass is 9.92. The number of carbonyl (C=O) groups excluding carboxylic acids is 3. The Hall–Kier alpha value is -3.45. The van der Waals surface area contributed by atoms with Crippen LogP contribution in [0, 0.1) is 5.92 Å². The molecule has 2 heterocycles. The molecule has 184 valence electrons. The Bertz CT molecular complexity index is 1070. The van der Waals surface area contributed by atoms with E-state index in [0.717, 1.165) is 16.7 Å². The zero-order valence-corrected chi connectivity index (χ0v) is 19.8. The van der Waals surface area contributed by atoms with Gasteiger partial charge < -0.3 is 20.1 Å². The number of aliphatic hydroxyl groups is 1. The Morgan fingerprint density at radius 3 is 2.54 bits per heavy atom. The predicted octanol–water partition coefficient (Wildman–Crippen LogP) is 3.08. The lowest BCUT2D eigenvalue weighted by molar-refractivity contribution is -0.150. The molecule has 3 atom stereocenters. The molecule has 0 saturated heterocycles. The summed E-state index contributed by atoms with van der Waals surface area (Å²) in [5.41, 5.74) is 3.02. The molecule has 2 aromatic rings. The van der Waals surface area contributed by atoms with E-state index in [1.807, 2.05) is 66.7 Å². The molecule has 2 N–H and O–H groups in total. The first-order valence-corrected chi connectivity index (χ1v) is 12.2. The minimum Gasteiger partial charge on any atom is -0.456 e. The van der Waals surface area contributed by atoms with E-state index in [4.69, 9.17) is 4.74 Å².